The van der Waals surface area contributed by atoms with Crippen molar-refractivity contribution in [3.8, 4) is 0 Å². The molecule has 25 heavy (non-hydrogen) atoms. The van der Waals surface area contributed by atoms with Crippen LogP contribution in [-0.4, -0.2) is 24.1 Å². The highest BCUT2D eigenvalue weighted by atomic mass is 35.5. The van der Waals surface area contributed by atoms with Crippen LogP contribution >= 0.6 is 0 Å². The monoisotopic (exact) mass is 367 g/mol. The number of halogens is 1. The van der Waals surface area contributed by atoms with Gasteiger partial charge in [-0.15, -0.1) is 0 Å². The van der Waals surface area contributed by atoms with Crippen molar-refractivity contribution < 1.29 is 16.9 Å². The Hall–Kier alpha value is -0.530. The molecule has 1 aromatic carbocycles. The summed E-state index contributed by atoms with van der Waals surface area (Å²) in [6.45, 7) is 13.1. The normalized spacial score (nSPS) is 12.6. The maximum atomic E-state index is 2.37. The molecule has 2 heteroatoms. The molecule has 0 saturated heterocycles. The van der Waals surface area contributed by atoms with E-state index in [0.717, 1.165) is 0 Å². The third-order valence-corrected chi connectivity index (χ3v) is 6.07. The van der Waals surface area contributed by atoms with Crippen molar-refractivity contribution in [2.45, 2.75) is 91.5 Å². The summed E-state index contributed by atoms with van der Waals surface area (Å²) in [5.41, 5.74) is 1.55. The summed E-state index contributed by atoms with van der Waals surface area (Å²) in [6.07, 6.45) is 12.6. The first-order valence-electron chi connectivity index (χ1n) is 10.6. The molecule has 0 bridgehead atoms. The van der Waals surface area contributed by atoms with Gasteiger partial charge >= 0.3 is 0 Å². The third-order valence-electron chi connectivity index (χ3n) is 6.07. The number of benzene rings is 1. The molecule has 0 radical (unpaired) electrons. The Kier molecular flexibility index (Phi) is 14.3. The minimum atomic E-state index is 0. The van der Waals surface area contributed by atoms with E-state index < -0.39 is 0 Å². The largest absolute Gasteiger partial charge is 1.00 e. The van der Waals surface area contributed by atoms with Crippen molar-refractivity contribution in [3.63, 3.8) is 0 Å². The predicted octanol–water partition coefficient (Wildman–Crippen LogP) is 4.14. The summed E-state index contributed by atoms with van der Waals surface area (Å²) in [5, 5.41) is 0. The van der Waals surface area contributed by atoms with Crippen LogP contribution in [0.3, 0.4) is 0 Å². The molecule has 0 aliphatic heterocycles. The molecule has 0 spiro atoms. The summed E-state index contributed by atoms with van der Waals surface area (Å²) in [7, 11) is 0. The van der Waals surface area contributed by atoms with Crippen molar-refractivity contribution in [3.05, 3.63) is 35.9 Å². The van der Waals surface area contributed by atoms with Gasteiger partial charge in [-0.25, -0.2) is 0 Å². The fraction of sp³-hybridized carbons (Fsp3) is 0.739. The first kappa shape index (κ1) is 24.5. The first-order valence-corrected chi connectivity index (χ1v) is 10.6. The molecule has 0 saturated carbocycles. The average molecular weight is 368 g/mol. The lowest BCUT2D eigenvalue weighted by molar-refractivity contribution is -0.953. The van der Waals surface area contributed by atoms with E-state index in [-0.39, 0.29) is 12.4 Å². The van der Waals surface area contributed by atoms with Crippen LogP contribution in [0.5, 0.6) is 0 Å². The molecule has 1 rings (SSSR count). The van der Waals surface area contributed by atoms with Crippen molar-refractivity contribution in [2.75, 3.05) is 19.6 Å². The lowest BCUT2D eigenvalue weighted by atomic mass is 9.95. The van der Waals surface area contributed by atoms with Crippen LogP contribution in [-0.2, 0) is 0 Å². The smallest absolute Gasteiger partial charge is 0.115 e. The zero-order valence-corrected chi connectivity index (χ0v) is 18.0. The Balaban J connectivity index is 0.00000576. The van der Waals surface area contributed by atoms with Gasteiger partial charge in [-0.3, -0.25) is 0 Å². The second-order valence-electron chi connectivity index (χ2n) is 7.36. The Labute approximate surface area is 164 Å². The van der Waals surface area contributed by atoms with E-state index in [0.29, 0.717) is 6.04 Å². The highest BCUT2D eigenvalue weighted by Gasteiger charge is 2.32. The molecule has 0 amide bonds. The van der Waals surface area contributed by atoms with Gasteiger partial charge in [0.25, 0.3) is 0 Å². The topological polar surface area (TPSA) is 0 Å². The number of rotatable bonds is 14. The molecule has 0 fully saturated rings. The standard InChI is InChI=1S/C23H42N.ClH/c1-5-9-10-11-12-13-14-18-21-23(22-19-16-15-17-20-22)24(6-2,7-3)8-4;/h15-17,19-20,23H,5-14,18,21H2,1-4H3;1H/q+1;/p-1. The zero-order valence-electron chi connectivity index (χ0n) is 17.3. The van der Waals surface area contributed by atoms with Gasteiger partial charge in [-0.2, -0.15) is 0 Å². The van der Waals surface area contributed by atoms with Crippen LogP contribution in [0.15, 0.2) is 30.3 Å². The predicted molar refractivity (Wildman–Crippen MR) is 108 cm³/mol. The second-order valence-corrected chi connectivity index (χ2v) is 7.36. The van der Waals surface area contributed by atoms with Gasteiger partial charge in [-0.05, 0) is 27.2 Å². The fourth-order valence-corrected chi connectivity index (χ4v) is 4.24. The van der Waals surface area contributed by atoms with Gasteiger partial charge in [0.15, 0.2) is 0 Å². The number of nitrogens with zero attached hydrogens (tertiary/aromatic N) is 1. The molecule has 0 heterocycles. The summed E-state index contributed by atoms with van der Waals surface area (Å²) in [5.74, 6) is 0. The second kappa shape index (κ2) is 14.6. The van der Waals surface area contributed by atoms with Gasteiger partial charge < -0.3 is 16.9 Å². The van der Waals surface area contributed by atoms with Gasteiger partial charge in [0, 0.05) is 12.0 Å². The van der Waals surface area contributed by atoms with Crippen molar-refractivity contribution in [1.82, 2.24) is 0 Å². The zero-order chi connectivity index (χ0) is 17.7. The van der Waals surface area contributed by atoms with E-state index in [4.69, 9.17) is 0 Å². The molecule has 0 N–H and O–H groups in total. The van der Waals surface area contributed by atoms with Crippen molar-refractivity contribution >= 4 is 0 Å². The number of hydrogen-bond donors (Lipinski definition) is 0. The van der Waals surface area contributed by atoms with Gasteiger partial charge in [-0.1, -0.05) is 82.2 Å². The van der Waals surface area contributed by atoms with Crippen LogP contribution in [0.1, 0.15) is 97.1 Å². The highest BCUT2D eigenvalue weighted by Crippen LogP contribution is 2.33. The van der Waals surface area contributed by atoms with Gasteiger partial charge in [0.2, 0.25) is 0 Å². The van der Waals surface area contributed by atoms with Crippen LogP contribution in [0.25, 0.3) is 0 Å². The fourth-order valence-electron chi connectivity index (χ4n) is 4.24. The summed E-state index contributed by atoms with van der Waals surface area (Å²) in [6, 6.07) is 11.9. The van der Waals surface area contributed by atoms with E-state index in [2.05, 4.69) is 58.0 Å². The number of unbranched alkanes of at least 4 members (excludes halogenated alkanes) is 7. The molecule has 1 atom stereocenters. The lowest BCUT2D eigenvalue weighted by Gasteiger charge is -2.43. The Morgan fingerprint density at radius 2 is 1.16 bits per heavy atom. The average Bonchev–Trinajstić information content (AvgIpc) is 2.64. The molecular formula is C23H42ClN. The number of hydrogen-bond acceptors (Lipinski definition) is 0. The molecule has 0 aliphatic rings. The van der Waals surface area contributed by atoms with Crippen molar-refractivity contribution in [1.29, 1.82) is 0 Å². The Morgan fingerprint density at radius 3 is 1.64 bits per heavy atom. The van der Waals surface area contributed by atoms with Crippen LogP contribution in [0, 0.1) is 0 Å². The third kappa shape index (κ3) is 8.13. The van der Waals surface area contributed by atoms with E-state index in [1.807, 2.05) is 0 Å². The minimum absolute atomic E-state index is 0. The number of quaternary nitrogens is 1. The van der Waals surface area contributed by atoms with Gasteiger partial charge in [0.1, 0.15) is 6.04 Å². The van der Waals surface area contributed by atoms with E-state index in [1.54, 1.807) is 5.56 Å². The molecule has 0 aromatic heterocycles. The maximum absolute atomic E-state index is 2.37. The Bertz CT molecular complexity index is 392. The summed E-state index contributed by atoms with van der Waals surface area (Å²) < 4.78 is 1.24. The molecule has 146 valence electrons. The lowest BCUT2D eigenvalue weighted by Crippen LogP contribution is -3.00. The van der Waals surface area contributed by atoms with E-state index in [9.17, 15) is 0 Å². The van der Waals surface area contributed by atoms with Gasteiger partial charge in [0.05, 0.1) is 19.6 Å². The van der Waals surface area contributed by atoms with E-state index >= 15 is 0 Å². The van der Waals surface area contributed by atoms with Crippen LogP contribution in [0.4, 0.5) is 0 Å². The molecular weight excluding hydrogens is 326 g/mol. The molecule has 1 aromatic rings. The van der Waals surface area contributed by atoms with Crippen molar-refractivity contribution in [2.24, 2.45) is 0 Å². The Morgan fingerprint density at radius 1 is 0.680 bits per heavy atom. The van der Waals surface area contributed by atoms with Crippen LogP contribution < -0.4 is 12.4 Å². The summed E-state index contributed by atoms with van der Waals surface area (Å²) in [4.78, 5) is 0. The minimum Gasteiger partial charge on any atom is -1.00 e. The molecule has 0 aliphatic carbocycles. The summed E-state index contributed by atoms with van der Waals surface area (Å²) >= 11 is 0. The quantitative estimate of drug-likeness (QED) is 0.342. The SMILES string of the molecule is CCCCCCCCCCC(c1ccccc1)[N+](CC)(CC)CC.[Cl-]. The highest BCUT2D eigenvalue weighted by molar-refractivity contribution is 5.17. The first-order chi connectivity index (χ1) is 11.7. The van der Waals surface area contributed by atoms with Crippen LogP contribution in [0.2, 0.25) is 0 Å². The molecule has 1 nitrogen and oxygen atoms in total. The van der Waals surface area contributed by atoms with E-state index in [1.165, 1.54) is 81.9 Å². The maximum Gasteiger partial charge on any atom is 0.115 e. The molecule has 1 unspecified atom stereocenters.